The van der Waals surface area contributed by atoms with Crippen LogP contribution in [0.3, 0.4) is 0 Å². The van der Waals surface area contributed by atoms with Gasteiger partial charge in [-0.3, -0.25) is 4.68 Å². The van der Waals surface area contributed by atoms with Crippen LogP contribution in [0.15, 0.2) is 48.5 Å². The van der Waals surface area contributed by atoms with E-state index in [9.17, 15) is 23.1 Å². The molecule has 1 N–H and O–H groups in total. The average molecular weight is 320 g/mol. The van der Waals surface area contributed by atoms with Gasteiger partial charge in [-0.2, -0.15) is 18.3 Å². The summed E-state index contributed by atoms with van der Waals surface area (Å²) in [5, 5.41) is 13.7. The van der Waals surface area contributed by atoms with Crippen molar-refractivity contribution in [2.75, 3.05) is 0 Å². The van der Waals surface area contributed by atoms with E-state index in [4.69, 9.17) is 0 Å². The van der Waals surface area contributed by atoms with Gasteiger partial charge in [0.25, 0.3) is 0 Å². The van der Waals surface area contributed by atoms with Crippen LogP contribution in [-0.2, 0) is 12.7 Å². The Morgan fingerprint density at radius 1 is 1.13 bits per heavy atom. The number of alkyl halides is 3. The molecule has 0 aliphatic rings. The normalized spacial score (nSPS) is 11.8. The molecule has 118 valence electrons. The Balaban J connectivity index is 2.04. The number of aromatic carboxylic acids is 1. The van der Waals surface area contributed by atoms with Crippen LogP contribution < -0.4 is 0 Å². The predicted molar refractivity (Wildman–Crippen MR) is 77.2 cm³/mol. The maximum atomic E-state index is 12.8. The minimum Gasteiger partial charge on any atom is -0.476 e. The summed E-state index contributed by atoms with van der Waals surface area (Å²) >= 11 is 0. The molecule has 7 heteroatoms. The van der Waals surface area contributed by atoms with Gasteiger partial charge in [0, 0.05) is 5.39 Å². The third kappa shape index (κ3) is 2.90. The first-order chi connectivity index (χ1) is 10.9. The molecule has 0 atom stereocenters. The third-order valence-electron chi connectivity index (χ3n) is 3.45. The van der Waals surface area contributed by atoms with Crippen molar-refractivity contribution in [3.8, 4) is 0 Å². The van der Waals surface area contributed by atoms with Gasteiger partial charge >= 0.3 is 12.1 Å². The fraction of sp³-hybridized carbons (Fsp3) is 0.125. The minimum atomic E-state index is -4.42. The molecule has 0 spiro atoms. The smallest absolute Gasteiger partial charge is 0.416 e. The van der Waals surface area contributed by atoms with Crippen LogP contribution in [0.2, 0.25) is 0 Å². The predicted octanol–water partition coefficient (Wildman–Crippen LogP) is 3.80. The van der Waals surface area contributed by atoms with Crippen LogP contribution in [0.25, 0.3) is 10.9 Å². The molecule has 0 aliphatic heterocycles. The van der Waals surface area contributed by atoms with E-state index < -0.39 is 17.7 Å². The van der Waals surface area contributed by atoms with Crippen LogP contribution in [0.5, 0.6) is 0 Å². The highest BCUT2D eigenvalue weighted by Crippen LogP contribution is 2.30. The van der Waals surface area contributed by atoms with Crippen LogP contribution >= 0.6 is 0 Å². The number of carboxylic acid groups (broad SMARTS) is 1. The van der Waals surface area contributed by atoms with Gasteiger partial charge in [-0.15, -0.1) is 0 Å². The molecule has 2 aromatic carbocycles. The number of benzene rings is 2. The lowest BCUT2D eigenvalue weighted by Gasteiger charge is -2.09. The standard InChI is InChI=1S/C16H11F3N2O2/c17-16(18,19)11-5-3-4-10(8-11)9-21-13-7-2-1-6-12(13)14(20-21)15(22)23/h1-8H,9H2,(H,22,23). The number of fused-ring (bicyclic) bond motifs is 1. The second kappa shape index (κ2) is 5.42. The maximum Gasteiger partial charge on any atom is 0.416 e. The third-order valence-corrected chi connectivity index (χ3v) is 3.45. The molecule has 23 heavy (non-hydrogen) atoms. The lowest BCUT2D eigenvalue weighted by molar-refractivity contribution is -0.137. The molecular weight excluding hydrogens is 309 g/mol. The molecule has 1 heterocycles. The van der Waals surface area contributed by atoms with E-state index in [2.05, 4.69) is 5.10 Å². The number of halogens is 3. The summed E-state index contributed by atoms with van der Waals surface area (Å²) in [6.45, 7) is 0.0533. The highest BCUT2D eigenvalue weighted by Gasteiger charge is 2.30. The average Bonchev–Trinajstić information content (AvgIpc) is 2.86. The van der Waals surface area contributed by atoms with Crippen molar-refractivity contribution in [2.24, 2.45) is 0 Å². The summed E-state index contributed by atoms with van der Waals surface area (Å²) in [7, 11) is 0. The second-order valence-corrected chi connectivity index (χ2v) is 5.03. The zero-order valence-electron chi connectivity index (χ0n) is 11.7. The van der Waals surface area contributed by atoms with Gasteiger partial charge in [-0.05, 0) is 23.8 Å². The Hall–Kier alpha value is -2.83. The van der Waals surface area contributed by atoms with Crippen LogP contribution in [-0.4, -0.2) is 20.9 Å². The van der Waals surface area contributed by atoms with Crippen molar-refractivity contribution >= 4 is 16.9 Å². The monoisotopic (exact) mass is 320 g/mol. The molecule has 3 aromatic rings. The van der Waals surface area contributed by atoms with Gasteiger partial charge in [0.1, 0.15) is 0 Å². The highest BCUT2D eigenvalue weighted by molar-refractivity contribution is 6.01. The number of nitrogens with zero attached hydrogens (tertiary/aromatic N) is 2. The largest absolute Gasteiger partial charge is 0.476 e. The fourth-order valence-corrected chi connectivity index (χ4v) is 2.42. The quantitative estimate of drug-likeness (QED) is 0.798. The molecule has 0 amide bonds. The van der Waals surface area contributed by atoms with E-state index in [-0.39, 0.29) is 12.2 Å². The first kappa shape index (κ1) is 15.1. The Kier molecular flexibility index (Phi) is 3.55. The first-order valence-corrected chi connectivity index (χ1v) is 6.71. The summed E-state index contributed by atoms with van der Waals surface area (Å²) in [6, 6.07) is 11.6. The molecule has 0 saturated carbocycles. The van der Waals surface area contributed by atoms with Crippen molar-refractivity contribution < 1.29 is 23.1 Å². The van der Waals surface area contributed by atoms with Gasteiger partial charge in [0.15, 0.2) is 5.69 Å². The zero-order chi connectivity index (χ0) is 16.6. The molecule has 0 radical (unpaired) electrons. The van der Waals surface area contributed by atoms with E-state index in [0.29, 0.717) is 16.5 Å². The molecule has 0 bridgehead atoms. The SMILES string of the molecule is O=C(O)c1nn(Cc2cccc(C(F)(F)F)c2)c2ccccc12. The number of hydrogen-bond acceptors (Lipinski definition) is 2. The lowest BCUT2D eigenvalue weighted by Crippen LogP contribution is -2.08. The maximum absolute atomic E-state index is 12.8. The molecule has 4 nitrogen and oxygen atoms in total. The number of hydrogen-bond donors (Lipinski definition) is 1. The van der Waals surface area contributed by atoms with Crippen LogP contribution in [0.4, 0.5) is 13.2 Å². The molecule has 3 rings (SSSR count). The van der Waals surface area contributed by atoms with Crippen molar-refractivity contribution in [1.29, 1.82) is 0 Å². The van der Waals surface area contributed by atoms with Gasteiger partial charge in [0.05, 0.1) is 17.6 Å². The Bertz CT molecular complexity index is 884. The summed E-state index contributed by atoms with van der Waals surface area (Å²) in [5.74, 6) is -1.18. The Morgan fingerprint density at radius 3 is 2.57 bits per heavy atom. The zero-order valence-corrected chi connectivity index (χ0v) is 11.7. The van der Waals surface area contributed by atoms with Crippen LogP contribution in [0.1, 0.15) is 21.6 Å². The number of carbonyl (C=O) groups is 1. The number of carboxylic acids is 1. The number of para-hydroxylation sites is 1. The highest BCUT2D eigenvalue weighted by atomic mass is 19.4. The molecule has 0 fully saturated rings. The van der Waals surface area contributed by atoms with E-state index in [1.54, 1.807) is 30.3 Å². The van der Waals surface area contributed by atoms with Crippen LogP contribution in [0, 0.1) is 0 Å². The van der Waals surface area contributed by atoms with Crippen molar-refractivity contribution in [3.05, 3.63) is 65.4 Å². The van der Waals surface area contributed by atoms with Crippen molar-refractivity contribution in [1.82, 2.24) is 9.78 Å². The molecule has 0 unspecified atom stereocenters. The molecule has 0 aliphatic carbocycles. The summed E-state index contributed by atoms with van der Waals surface area (Å²) in [5.41, 5.74) is 0.0878. The van der Waals surface area contributed by atoms with Gasteiger partial charge in [0.2, 0.25) is 0 Å². The summed E-state index contributed by atoms with van der Waals surface area (Å²) in [6.07, 6.45) is -4.42. The molecular formula is C16H11F3N2O2. The Labute approximate surface area is 128 Å². The minimum absolute atomic E-state index is 0.0533. The van der Waals surface area contributed by atoms with Gasteiger partial charge in [-0.1, -0.05) is 30.3 Å². The fourth-order valence-electron chi connectivity index (χ4n) is 2.42. The van der Waals surface area contributed by atoms with Crippen molar-refractivity contribution in [2.45, 2.75) is 12.7 Å². The molecule has 1 aromatic heterocycles. The van der Waals surface area contributed by atoms with Gasteiger partial charge in [-0.25, -0.2) is 4.79 Å². The second-order valence-electron chi connectivity index (χ2n) is 5.03. The first-order valence-electron chi connectivity index (χ1n) is 6.71. The van der Waals surface area contributed by atoms with E-state index in [1.165, 1.54) is 10.7 Å². The number of rotatable bonds is 3. The summed E-state index contributed by atoms with van der Waals surface area (Å²) in [4.78, 5) is 11.2. The van der Waals surface area contributed by atoms with E-state index >= 15 is 0 Å². The van der Waals surface area contributed by atoms with Gasteiger partial charge < -0.3 is 5.11 Å². The van der Waals surface area contributed by atoms with Crippen molar-refractivity contribution in [3.63, 3.8) is 0 Å². The lowest BCUT2D eigenvalue weighted by atomic mass is 10.1. The Morgan fingerprint density at radius 2 is 1.87 bits per heavy atom. The summed E-state index contributed by atoms with van der Waals surface area (Å²) < 4.78 is 39.7. The number of aromatic nitrogens is 2. The topological polar surface area (TPSA) is 55.1 Å². The van der Waals surface area contributed by atoms with E-state index in [0.717, 1.165) is 12.1 Å². The van der Waals surface area contributed by atoms with E-state index in [1.807, 2.05) is 0 Å². The molecule has 0 saturated heterocycles.